The summed E-state index contributed by atoms with van der Waals surface area (Å²) in [6, 6.07) is 7.55. The summed E-state index contributed by atoms with van der Waals surface area (Å²) in [7, 11) is 1.33. The van der Waals surface area contributed by atoms with E-state index in [0.717, 1.165) is 4.90 Å². The summed E-state index contributed by atoms with van der Waals surface area (Å²) in [5, 5.41) is 0. The van der Waals surface area contributed by atoms with Gasteiger partial charge in [0.25, 0.3) is 0 Å². The second-order valence-electron chi connectivity index (χ2n) is 3.00. The largest absolute Gasteiger partial charge is 0.323 e. The minimum atomic E-state index is -0.978. The Labute approximate surface area is 91.6 Å². The van der Waals surface area contributed by atoms with Crippen LogP contribution in [0.3, 0.4) is 0 Å². The van der Waals surface area contributed by atoms with Crippen LogP contribution in [-0.2, 0) is 9.59 Å². The predicted octanol–water partition coefficient (Wildman–Crippen LogP) is -1.00. The Hall–Kier alpha value is -2.21. The summed E-state index contributed by atoms with van der Waals surface area (Å²) in [4.78, 5) is 34.9. The number of carbonyl (C=O) groups is 2. The van der Waals surface area contributed by atoms with E-state index in [9.17, 15) is 14.4 Å². The van der Waals surface area contributed by atoms with E-state index in [1.165, 1.54) is 19.2 Å². The van der Waals surface area contributed by atoms with Crippen LogP contribution in [0.4, 0.5) is 5.69 Å². The molecule has 0 heterocycles. The highest BCUT2D eigenvalue weighted by molar-refractivity contribution is 6.40. The molecule has 1 rings (SSSR count). The Kier molecular flexibility index (Phi) is 3.73. The molecule has 0 atom stereocenters. The zero-order chi connectivity index (χ0) is 12.1. The highest BCUT2D eigenvalue weighted by atomic mass is 16.2. The summed E-state index contributed by atoms with van der Waals surface area (Å²) < 4.78 is 0. The Morgan fingerprint density at radius 3 is 2.50 bits per heavy atom. The maximum atomic E-state index is 11.5. The lowest BCUT2D eigenvalue weighted by Gasteiger charge is -2.13. The van der Waals surface area contributed by atoms with Crippen LogP contribution in [0.15, 0.2) is 35.1 Å². The highest BCUT2D eigenvalue weighted by Gasteiger charge is 2.19. The van der Waals surface area contributed by atoms with Gasteiger partial charge in [-0.05, 0) is 12.1 Å². The summed E-state index contributed by atoms with van der Waals surface area (Å²) in [5.41, 5.74) is 1.46. The molecule has 0 radical (unpaired) electrons. The monoisotopic (exact) mass is 221 g/mol. The van der Waals surface area contributed by atoms with Crippen LogP contribution >= 0.6 is 0 Å². The van der Waals surface area contributed by atoms with Gasteiger partial charge in [0, 0.05) is 7.05 Å². The maximum absolute atomic E-state index is 11.5. The molecular weight excluding hydrogens is 210 g/mol. The lowest BCUT2D eigenvalue weighted by atomic mass is 10.3. The minimum Gasteiger partial charge on any atom is -0.304 e. The topological polar surface area (TPSA) is 92.5 Å². The van der Waals surface area contributed by atoms with Gasteiger partial charge in [0.05, 0.1) is 5.69 Å². The Balaban J connectivity index is 3.11. The number of rotatable bonds is 1. The molecule has 0 aliphatic carbocycles. The van der Waals surface area contributed by atoms with E-state index in [0.29, 0.717) is 0 Å². The molecule has 0 fully saturated rings. The molecule has 0 aliphatic heterocycles. The quantitative estimate of drug-likeness (QED) is 0.275. The number of hydrogen-bond donors (Lipinski definition) is 2. The number of hydrogen-bond acceptors (Lipinski definition) is 4. The van der Waals surface area contributed by atoms with Crippen LogP contribution in [0.2, 0.25) is 0 Å². The first kappa shape index (κ1) is 11.9. The van der Waals surface area contributed by atoms with Crippen molar-refractivity contribution in [1.29, 1.82) is 0 Å². The van der Waals surface area contributed by atoms with E-state index in [-0.39, 0.29) is 11.1 Å². The lowest BCUT2D eigenvalue weighted by Crippen LogP contribution is -2.45. The minimum absolute atomic E-state index is 0.110. The van der Waals surface area contributed by atoms with E-state index < -0.39 is 11.8 Å². The zero-order valence-corrected chi connectivity index (χ0v) is 8.64. The molecule has 0 aromatic heterocycles. The summed E-state index contributed by atoms with van der Waals surface area (Å²) >= 11 is 0. The van der Waals surface area contributed by atoms with E-state index in [1.54, 1.807) is 23.6 Å². The fourth-order valence-corrected chi connectivity index (χ4v) is 1.12. The maximum Gasteiger partial charge on any atom is 0.323 e. The van der Waals surface area contributed by atoms with Gasteiger partial charge < -0.3 is 4.90 Å². The van der Waals surface area contributed by atoms with Crippen LogP contribution in [0.5, 0.6) is 0 Å². The number of likely N-dealkylation sites (N-methyl/N-ethyl adjacent to an activating group) is 1. The smallest absolute Gasteiger partial charge is 0.304 e. The van der Waals surface area contributed by atoms with Crippen molar-refractivity contribution in [2.24, 2.45) is 5.84 Å². The van der Waals surface area contributed by atoms with E-state index in [1.807, 2.05) is 0 Å². The van der Waals surface area contributed by atoms with Crippen LogP contribution in [0.25, 0.3) is 0 Å². The molecule has 1 aromatic carbocycles. The molecule has 0 bridgehead atoms. The second-order valence-corrected chi connectivity index (χ2v) is 3.00. The van der Waals surface area contributed by atoms with Gasteiger partial charge >= 0.3 is 11.8 Å². The first-order valence-electron chi connectivity index (χ1n) is 4.46. The molecule has 1 aromatic rings. The number of hydrazine groups is 1. The van der Waals surface area contributed by atoms with Gasteiger partial charge in [-0.25, -0.2) is 5.84 Å². The van der Waals surface area contributed by atoms with E-state index >= 15 is 0 Å². The number of nitrogens with zero attached hydrogens (tertiary/aromatic N) is 1. The van der Waals surface area contributed by atoms with Crippen molar-refractivity contribution >= 4 is 17.5 Å². The van der Waals surface area contributed by atoms with Gasteiger partial charge in [0.15, 0.2) is 0 Å². The number of carbonyl (C=O) groups excluding carboxylic acids is 2. The fraction of sp³-hybridized carbons (Fsp3) is 0.100. The van der Waals surface area contributed by atoms with Crippen molar-refractivity contribution in [3.8, 4) is 0 Å². The van der Waals surface area contributed by atoms with Gasteiger partial charge in [-0.15, -0.1) is 0 Å². The van der Waals surface area contributed by atoms with Crippen molar-refractivity contribution in [3.05, 3.63) is 40.6 Å². The van der Waals surface area contributed by atoms with Gasteiger partial charge in [-0.3, -0.25) is 19.8 Å². The number of nitrogens with two attached hydrogens (primary N) is 1. The summed E-state index contributed by atoms with van der Waals surface area (Å²) in [5.74, 6) is 2.95. The lowest BCUT2D eigenvalue weighted by molar-refractivity contribution is -0.137. The average molecular weight is 221 g/mol. The van der Waals surface area contributed by atoms with Crippen LogP contribution < -0.4 is 21.6 Å². The molecule has 6 heteroatoms. The molecule has 0 aliphatic rings. The fourth-order valence-electron chi connectivity index (χ4n) is 1.12. The normalized spacial score (nSPS) is 9.38. The molecular formula is C10H11N3O3. The molecule has 3 N–H and O–H groups in total. The van der Waals surface area contributed by atoms with Crippen molar-refractivity contribution in [2.75, 3.05) is 11.9 Å². The third-order valence-electron chi connectivity index (χ3n) is 1.97. The van der Waals surface area contributed by atoms with Gasteiger partial charge in [-0.1, -0.05) is 18.2 Å². The number of nitrogens with one attached hydrogen (secondary N) is 1. The Morgan fingerprint density at radius 1 is 1.25 bits per heavy atom. The van der Waals surface area contributed by atoms with Crippen LogP contribution in [0, 0.1) is 0 Å². The second kappa shape index (κ2) is 5.04. The van der Waals surface area contributed by atoms with Crippen molar-refractivity contribution in [2.45, 2.75) is 0 Å². The third kappa shape index (κ3) is 2.43. The number of anilines is 1. The Morgan fingerprint density at radius 2 is 1.88 bits per heavy atom. The van der Waals surface area contributed by atoms with Gasteiger partial charge in [0.2, 0.25) is 5.43 Å². The van der Waals surface area contributed by atoms with Crippen molar-refractivity contribution < 1.29 is 9.59 Å². The molecule has 16 heavy (non-hydrogen) atoms. The standard InChI is InChI=1S/C10H11N3O3/c1-13(10(16)9(15)12-11)7-5-3-2-4-6-8(7)14/h2-6H,11H2,1H3,(H,12,15). The molecule has 0 unspecified atom stereocenters. The molecule has 0 spiro atoms. The van der Waals surface area contributed by atoms with Crippen LogP contribution in [-0.4, -0.2) is 18.9 Å². The van der Waals surface area contributed by atoms with E-state index in [2.05, 4.69) is 0 Å². The van der Waals surface area contributed by atoms with Crippen LogP contribution in [0.1, 0.15) is 0 Å². The molecule has 0 saturated heterocycles. The average Bonchev–Trinajstić information content (AvgIpc) is 2.51. The van der Waals surface area contributed by atoms with E-state index in [4.69, 9.17) is 5.84 Å². The zero-order valence-electron chi connectivity index (χ0n) is 8.64. The highest BCUT2D eigenvalue weighted by Crippen LogP contribution is 2.04. The van der Waals surface area contributed by atoms with Crippen molar-refractivity contribution in [3.63, 3.8) is 0 Å². The number of amides is 2. The summed E-state index contributed by atoms with van der Waals surface area (Å²) in [6.45, 7) is 0. The predicted molar refractivity (Wildman–Crippen MR) is 58.5 cm³/mol. The molecule has 84 valence electrons. The third-order valence-corrected chi connectivity index (χ3v) is 1.97. The van der Waals surface area contributed by atoms with Crippen molar-refractivity contribution in [1.82, 2.24) is 5.43 Å². The first-order chi connectivity index (χ1) is 7.57. The first-order valence-corrected chi connectivity index (χ1v) is 4.46. The summed E-state index contributed by atoms with van der Waals surface area (Å²) in [6.07, 6.45) is 0. The van der Waals surface area contributed by atoms with Gasteiger partial charge in [0.1, 0.15) is 0 Å². The molecule has 2 amide bonds. The molecule has 0 saturated carbocycles. The SMILES string of the molecule is CN(C(=O)C(=O)NN)c1cccccc1=O. The Bertz CT molecular complexity index is 473. The molecule has 6 nitrogen and oxygen atoms in total. The van der Waals surface area contributed by atoms with Gasteiger partial charge in [-0.2, -0.15) is 0 Å².